The van der Waals surface area contributed by atoms with E-state index in [1.54, 1.807) is 10.9 Å². The van der Waals surface area contributed by atoms with Gasteiger partial charge in [-0.1, -0.05) is 24.4 Å². The van der Waals surface area contributed by atoms with Crippen molar-refractivity contribution in [3.05, 3.63) is 41.7 Å². The molecule has 1 N–H and O–H groups in total. The lowest BCUT2D eigenvalue weighted by atomic mass is 9.85. The Morgan fingerprint density at radius 2 is 1.96 bits per heavy atom. The topological polar surface area (TPSA) is 89.9 Å². The first-order chi connectivity index (χ1) is 12.0. The van der Waals surface area contributed by atoms with Gasteiger partial charge in [-0.05, 0) is 44.9 Å². The van der Waals surface area contributed by atoms with Crippen molar-refractivity contribution < 1.29 is 9.63 Å². The van der Waals surface area contributed by atoms with Gasteiger partial charge >= 0.3 is 0 Å². The summed E-state index contributed by atoms with van der Waals surface area (Å²) in [6.07, 6.45) is 6.14. The van der Waals surface area contributed by atoms with Gasteiger partial charge in [0.05, 0.1) is 5.69 Å². The van der Waals surface area contributed by atoms with E-state index >= 15 is 0 Å². The monoisotopic (exact) mass is 339 g/mol. The van der Waals surface area contributed by atoms with Crippen LogP contribution in [0.15, 0.2) is 28.9 Å². The molecule has 1 saturated carbocycles. The molecule has 0 radical (unpaired) electrons. The third kappa shape index (κ3) is 2.95. The van der Waals surface area contributed by atoms with E-state index in [-0.39, 0.29) is 0 Å². The van der Waals surface area contributed by atoms with Crippen molar-refractivity contribution in [2.24, 2.45) is 0 Å². The molecule has 0 aromatic carbocycles. The molecule has 25 heavy (non-hydrogen) atoms. The van der Waals surface area contributed by atoms with Crippen LogP contribution < -0.4 is 0 Å². The van der Waals surface area contributed by atoms with Gasteiger partial charge in [0.15, 0.2) is 5.82 Å². The summed E-state index contributed by atoms with van der Waals surface area (Å²) in [5.41, 5.74) is 1.74. The second-order valence-corrected chi connectivity index (χ2v) is 6.76. The molecule has 0 aliphatic heterocycles. The highest BCUT2D eigenvalue weighted by Crippen LogP contribution is 2.36. The summed E-state index contributed by atoms with van der Waals surface area (Å²) in [6.45, 7) is 3.95. The van der Waals surface area contributed by atoms with Crippen LogP contribution in [0.4, 0.5) is 0 Å². The largest absolute Gasteiger partial charge is 0.380 e. The number of hydrogen-bond acceptors (Lipinski definition) is 6. The normalized spacial score (nSPS) is 16.9. The lowest BCUT2D eigenvalue weighted by Crippen LogP contribution is -2.28. The van der Waals surface area contributed by atoms with Gasteiger partial charge in [-0.3, -0.25) is 0 Å². The third-order valence-electron chi connectivity index (χ3n) is 4.74. The van der Waals surface area contributed by atoms with E-state index in [1.807, 2.05) is 32.0 Å². The molecule has 0 amide bonds. The molecule has 0 atom stereocenters. The number of pyridine rings is 1. The van der Waals surface area contributed by atoms with Gasteiger partial charge in [0, 0.05) is 17.5 Å². The maximum Gasteiger partial charge on any atom is 0.258 e. The van der Waals surface area contributed by atoms with Crippen molar-refractivity contribution in [1.29, 1.82) is 0 Å². The predicted molar refractivity (Wildman–Crippen MR) is 91.1 cm³/mol. The van der Waals surface area contributed by atoms with E-state index in [1.165, 1.54) is 0 Å². The highest BCUT2D eigenvalue weighted by Gasteiger charge is 2.37. The van der Waals surface area contributed by atoms with Crippen molar-refractivity contribution in [1.82, 2.24) is 24.9 Å². The summed E-state index contributed by atoms with van der Waals surface area (Å²) in [5, 5.41) is 19.2. The number of aromatic nitrogens is 5. The number of aliphatic hydroxyl groups is 1. The van der Waals surface area contributed by atoms with Crippen molar-refractivity contribution in [2.75, 3.05) is 0 Å². The molecule has 7 nitrogen and oxygen atoms in total. The summed E-state index contributed by atoms with van der Waals surface area (Å²) < 4.78 is 7.14. The molecule has 3 heterocycles. The van der Waals surface area contributed by atoms with Gasteiger partial charge in [0.2, 0.25) is 5.82 Å². The molecule has 130 valence electrons. The SMILES string of the molecule is Cc1cc(C)n(-c2ccc(-c3noc(C4(O)CCCCC4)n3)cn2)n1. The summed E-state index contributed by atoms with van der Waals surface area (Å²) in [5.74, 6) is 1.50. The minimum atomic E-state index is -0.986. The Balaban J connectivity index is 1.60. The minimum absolute atomic E-state index is 0.310. The van der Waals surface area contributed by atoms with Gasteiger partial charge < -0.3 is 9.63 Å². The standard InChI is InChI=1S/C18H21N5O2/c1-12-10-13(2)23(21-12)15-7-6-14(11-19-15)16-20-17(25-22-16)18(24)8-4-3-5-9-18/h6-7,10-11,24H,3-5,8-9H2,1-2H3. The van der Waals surface area contributed by atoms with Gasteiger partial charge in [-0.2, -0.15) is 10.1 Å². The number of hydrogen-bond donors (Lipinski definition) is 1. The Morgan fingerprint density at radius 1 is 1.16 bits per heavy atom. The number of rotatable bonds is 3. The molecule has 1 aliphatic rings. The van der Waals surface area contributed by atoms with Gasteiger partial charge in [-0.15, -0.1) is 0 Å². The van der Waals surface area contributed by atoms with Crippen molar-refractivity contribution in [2.45, 2.75) is 51.6 Å². The lowest BCUT2D eigenvalue weighted by Gasteiger charge is -2.27. The van der Waals surface area contributed by atoms with Crippen LogP contribution in [0.25, 0.3) is 17.2 Å². The smallest absolute Gasteiger partial charge is 0.258 e. The fourth-order valence-electron chi connectivity index (χ4n) is 3.38. The Kier molecular flexibility index (Phi) is 3.88. The molecule has 4 rings (SSSR count). The molecule has 3 aromatic rings. The number of nitrogens with zero attached hydrogens (tertiary/aromatic N) is 5. The first kappa shape index (κ1) is 16.0. The van der Waals surface area contributed by atoms with E-state index in [0.29, 0.717) is 24.6 Å². The molecule has 7 heteroatoms. The molecule has 0 bridgehead atoms. The lowest BCUT2D eigenvalue weighted by molar-refractivity contribution is -0.0287. The summed E-state index contributed by atoms with van der Waals surface area (Å²) in [7, 11) is 0. The number of aryl methyl sites for hydroxylation is 2. The first-order valence-electron chi connectivity index (χ1n) is 8.62. The molecule has 0 unspecified atom stereocenters. The summed E-state index contributed by atoms with van der Waals surface area (Å²) in [4.78, 5) is 8.86. The Morgan fingerprint density at radius 3 is 2.60 bits per heavy atom. The third-order valence-corrected chi connectivity index (χ3v) is 4.74. The fourth-order valence-corrected chi connectivity index (χ4v) is 3.38. The first-order valence-corrected chi connectivity index (χ1v) is 8.62. The minimum Gasteiger partial charge on any atom is -0.380 e. The maximum atomic E-state index is 10.7. The molecular formula is C18H21N5O2. The van der Waals surface area contributed by atoms with Crippen LogP contribution in [0, 0.1) is 13.8 Å². The average molecular weight is 339 g/mol. The molecule has 0 saturated heterocycles. The van der Waals surface area contributed by atoms with Crippen LogP contribution in [0.5, 0.6) is 0 Å². The van der Waals surface area contributed by atoms with E-state index in [2.05, 4.69) is 20.2 Å². The Bertz CT molecular complexity index is 875. The van der Waals surface area contributed by atoms with Gasteiger partial charge in [0.25, 0.3) is 5.89 Å². The van der Waals surface area contributed by atoms with Crippen LogP contribution in [-0.2, 0) is 5.60 Å². The molecular weight excluding hydrogens is 318 g/mol. The zero-order valence-electron chi connectivity index (χ0n) is 14.4. The van der Waals surface area contributed by atoms with E-state index < -0.39 is 5.60 Å². The highest BCUT2D eigenvalue weighted by molar-refractivity contribution is 5.53. The zero-order valence-corrected chi connectivity index (χ0v) is 14.4. The van der Waals surface area contributed by atoms with Crippen molar-refractivity contribution >= 4 is 0 Å². The Labute approximate surface area is 145 Å². The van der Waals surface area contributed by atoms with E-state index in [9.17, 15) is 5.11 Å². The highest BCUT2D eigenvalue weighted by atomic mass is 16.5. The second kappa shape index (κ2) is 6.07. The Hall–Kier alpha value is -2.54. The molecule has 1 fully saturated rings. The fraction of sp³-hybridized carbons (Fsp3) is 0.444. The van der Waals surface area contributed by atoms with Crippen LogP contribution in [0.2, 0.25) is 0 Å². The molecule has 3 aromatic heterocycles. The average Bonchev–Trinajstić information content (AvgIpc) is 3.23. The van der Waals surface area contributed by atoms with Crippen LogP contribution in [-0.4, -0.2) is 30.0 Å². The summed E-state index contributed by atoms with van der Waals surface area (Å²) >= 11 is 0. The zero-order chi connectivity index (χ0) is 17.4. The second-order valence-electron chi connectivity index (χ2n) is 6.76. The van der Waals surface area contributed by atoms with Crippen LogP contribution in [0.3, 0.4) is 0 Å². The molecule has 1 aliphatic carbocycles. The van der Waals surface area contributed by atoms with Gasteiger partial charge in [0.1, 0.15) is 5.60 Å². The summed E-state index contributed by atoms with van der Waals surface area (Å²) in [6, 6.07) is 5.77. The maximum absolute atomic E-state index is 10.7. The van der Waals surface area contributed by atoms with Gasteiger partial charge in [-0.25, -0.2) is 9.67 Å². The van der Waals surface area contributed by atoms with Crippen molar-refractivity contribution in [3.63, 3.8) is 0 Å². The van der Waals surface area contributed by atoms with E-state index in [4.69, 9.17) is 4.52 Å². The quantitative estimate of drug-likeness (QED) is 0.788. The molecule has 0 spiro atoms. The van der Waals surface area contributed by atoms with Crippen molar-refractivity contribution in [3.8, 4) is 17.2 Å². The predicted octanol–water partition coefficient (Wildman–Crippen LogP) is 3.09. The van der Waals surface area contributed by atoms with Crippen LogP contribution in [0.1, 0.15) is 49.4 Å². The van der Waals surface area contributed by atoms with Crippen LogP contribution >= 0.6 is 0 Å². The van der Waals surface area contributed by atoms with E-state index in [0.717, 1.165) is 42.0 Å².